The zero-order valence-electron chi connectivity index (χ0n) is 7.50. The molecule has 1 heterocycles. The van der Waals surface area contributed by atoms with Gasteiger partial charge in [-0.1, -0.05) is 12.1 Å². The summed E-state index contributed by atoms with van der Waals surface area (Å²) in [5, 5.41) is 2.67. The molecule has 0 aliphatic carbocycles. The first-order chi connectivity index (χ1) is 6.75. The van der Waals surface area contributed by atoms with Crippen molar-refractivity contribution in [3.8, 4) is 0 Å². The Kier molecular flexibility index (Phi) is 2.35. The number of benzene rings is 1. The first kappa shape index (κ1) is 8.99. The number of halogens is 1. The maximum absolute atomic E-state index is 12.6. The van der Waals surface area contributed by atoms with Crippen LogP contribution in [0, 0.1) is 5.82 Å². The van der Waals surface area contributed by atoms with E-state index in [4.69, 9.17) is 4.74 Å². The van der Waals surface area contributed by atoms with Gasteiger partial charge in [-0.2, -0.15) is 0 Å². The lowest BCUT2D eigenvalue weighted by atomic mass is 10.0. The standard InChI is InChI=1S/C10H10FNO2/c11-8-3-1-7(2-4-8)9-5-6-14-10(13)12-9/h1-4,9H,5-6H2,(H,12,13)/t9-/m1/s1. The zero-order valence-corrected chi connectivity index (χ0v) is 7.50. The number of hydrogen-bond donors (Lipinski definition) is 1. The van der Waals surface area contributed by atoms with Crippen LogP contribution in [0.25, 0.3) is 0 Å². The summed E-state index contributed by atoms with van der Waals surface area (Å²) >= 11 is 0. The smallest absolute Gasteiger partial charge is 0.407 e. The fraction of sp³-hybridized carbons (Fsp3) is 0.300. The monoisotopic (exact) mass is 195 g/mol. The van der Waals surface area contributed by atoms with Crippen molar-refractivity contribution < 1.29 is 13.9 Å². The van der Waals surface area contributed by atoms with Gasteiger partial charge in [0, 0.05) is 6.42 Å². The first-order valence-corrected chi connectivity index (χ1v) is 4.44. The minimum absolute atomic E-state index is 0.0585. The third-order valence-electron chi connectivity index (χ3n) is 2.20. The van der Waals surface area contributed by atoms with E-state index in [-0.39, 0.29) is 11.9 Å². The van der Waals surface area contributed by atoms with E-state index in [9.17, 15) is 9.18 Å². The fourth-order valence-corrected chi connectivity index (χ4v) is 1.47. The van der Waals surface area contributed by atoms with Crippen molar-refractivity contribution in [2.45, 2.75) is 12.5 Å². The van der Waals surface area contributed by atoms with Crippen LogP contribution in [-0.2, 0) is 4.74 Å². The number of nitrogens with one attached hydrogen (secondary N) is 1. The Morgan fingerprint density at radius 2 is 2.07 bits per heavy atom. The van der Waals surface area contributed by atoms with Gasteiger partial charge in [-0.25, -0.2) is 9.18 Å². The summed E-state index contributed by atoms with van der Waals surface area (Å²) in [6.45, 7) is 0.411. The van der Waals surface area contributed by atoms with Crippen LogP contribution in [0.5, 0.6) is 0 Å². The molecule has 0 radical (unpaired) electrons. The van der Waals surface area contributed by atoms with Gasteiger partial charge in [0.2, 0.25) is 0 Å². The lowest BCUT2D eigenvalue weighted by molar-refractivity contribution is 0.115. The molecule has 1 fully saturated rings. The SMILES string of the molecule is O=C1N[C@@H](c2ccc(F)cc2)CCO1. The minimum atomic E-state index is -0.412. The maximum Gasteiger partial charge on any atom is 0.407 e. The predicted molar refractivity (Wildman–Crippen MR) is 48.2 cm³/mol. The second kappa shape index (κ2) is 3.65. The topological polar surface area (TPSA) is 38.3 Å². The van der Waals surface area contributed by atoms with Gasteiger partial charge in [0.1, 0.15) is 5.82 Å². The maximum atomic E-state index is 12.6. The van der Waals surface area contributed by atoms with E-state index < -0.39 is 6.09 Å². The Bertz CT molecular complexity index is 336. The largest absolute Gasteiger partial charge is 0.449 e. The molecule has 1 aromatic carbocycles. The zero-order chi connectivity index (χ0) is 9.97. The number of carbonyl (C=O) groups is 1. The quantitative estimate of drug-likeness (QED) is 0.744. The second-order valence-corrected chi connectivity index (χ2v) is 3.17. The second-order valence-electron chi connectivity index (χ2n) is 3.17. The molecule has 74 valence electrons. The molecular formula is C10H10FNO2. The van der Waals surface area contributed by atoms with Crippen molar-refractivity contribution in [3.63, 3.8) is 0 Å². The lowest BCUT2D eigenvalue weighted by Gasteiger charge is -2.23. The van der Waals surface area contributed by atoms with Gasteiger partial charge in [0.15, 0.2) is 0 Å². The third-order valence-corrected chi connectivity index (χ3v) is 2.20. The summed E-state index contributed by atoms with van der Waals surface area (Å²) in [5.74, 6) is -0.271. The highest BCUT2D eigenvalue weighted by atomic mass is 19.1. The third kappa shape index (κ3) is 1.84. The van der Waals surface area contributed by atoms with Crippen molar-refractivity contribution in [3.05, 3.63) is 35.6 Å². The molecule has 1 aliphatic heterocycles. The molecule has 2 rings (SSSR count). The van der Waals surface area contributed by atoms with Crippen molar-refractivity contribution in [1.82, 2.24) is 5.32 Å². The van der Waals surface area contributed by atoms with Crippen LogP contribution in [0.1, 0.15) is 18.0 Å². The van der Waals surface area contributed by atoms with Crippen LogP contribution in [0.3, 0.4) is 0 Å². The van der Waals surface area contributed by atoms with Crippen LogP contribution in [0.4, 0.5) is 9.18 Å². The van der Waals surface area contributed by atoms with Gasteiger partial charge in [0.05, 0.1) is 12.6 Å². The van der Waals surface area contributed by atoms with Crippen molar-refractivity contribution in [1.29, 1.82) is 0 Å². The normalized spacial score (nSPS) is 21.2. The van der Waals surface area contributed by atoms with E-state index in [0.29, 0.717) is 6.61 Å². The van der Waals surface area contributed by atoms with Crippen LogP contribution in [-0.4, -0.2) is 12.7 Å². The van der Waals surface area contributed by atoms with Gasteiger partial charge in [0.25, 0.3) is 0 Å². The van der Waals surface area contributed by atoms with Crippen LogP contribution >= 0.6 is 0 Å². The molecule has 1 amide bonds. The highest BCUT2D eigenvalue weighted by Gasteiger charge is 2.20. The number of carbonyl (C=O) groups excluding carboxylic acids is 1. The van der Waals surface area contributed by atoms with E-state index in [2.05, 4.69) is 5.32 Å². The van der Waals surface area contributed by atoms with Gasteiger partial charge in [-0.05, 0) is 17.7 Å². The number of amides is 1. The van der Waals surface area contributed by atoms with Crippen LogP contribution in [0.2, 0.25) is 0 Å². The van der Waals surface area contributed by atoms with E-state index in [0.717, 1.165) is 12.0 Å². The lowest BCUT2D eigenvalue weighted by Crippen LogP contribution is -2.35. The number of ether oxygens (including phenoxy) is 1. The van der Waals surface area contributed by atoms with Gasteiger partial charge < -0.3 is 10.1 Å². The first-order valence-electron chi connectivity index (χ1n) is 4.44. The molecule has 0 unspecified atom stereocenters. The van der Waals surface area contributed by atoms with Crippen molar-refractivity contribution in [2.24, 2.45) is 0 Å². The Labute approximate surface area is 80.9 Å². The highest BCUT2D eigenvalue weighted by Crippen LogP contribution is 2.19. The summed E-state index contributed by atoms with van der Waals surface area (Å²) in [6, 6.07) is 6.06. The van der Waals surface area contributed by atoms with Gasteiger partial charge >= 0.3 is 6.09 Å². The molecule has 1 atom stereocenters. The van der Waals surface area contributed by atoms with Gasteiger partial charge in [-0.15, -0.1) is 0 Å². The molecule has 4 heteroatoms. The molecule has 1 aromatic rings. The number of hydrogen-bond acceptors (Lipinski definition) is 2. The predicted octanol–water partition coefficient (Wildman–Crippen LogP) is 2.00. The van der Waals surface area contributed by atoms with E-state index in [1.54, 1.807) is 12.1 Å². The van der Waals surface area contributed by atoms with E-state index in [1.165, 1.54) is 12.1 Å². The summed E-state index contributed by atoms with van der Waals surface area (Å²) in [6.07, 6.45) is 0.308. The van der Waals surface area contributed by atoms with Crippen LogP contribution < -0.4 is 5.32 Å². The Morgan fingerprint density at radius 3 is 2.71 bits per heavy atom. The van der Waals surface area contributed by atoms with E-state index in [1.807, 2.05) is 0 Å². The minimum Gasteiger partial charge on any atom is -0.449 e. The number of rotatable bonds is 1. The number of alkyl carbamates (subject to hydrolysis) is 1. The Balaban J connectivity index is 2.14. The molecule has 0 saturated carbocycles. The average Bonchev–Trinajstić information content (AvgIpc) is 2.19. The summed E-state index contributed by atoms with van der Waals surface area (Å²) in [5.41, 5.74) is 0.906. The van der Waals surface area contributed by atoms with Crippen LogP contribution in [0.15, 0.2) is 24.3 Å². The van der Waals surface area contributed by atoms with Crippen molar-refractivity contribution in [2.75, 3.05) is 6.61 Å². The van der Waals surface area contributed by atoms with Gasteiger partial charge in [-0.3, -0.25) is 0 Å². The molecule has 14 heavy (non-hydrogen) atoms. The summed E-state index contributed by atoms with van der Waals surface area (Å²) in [7, 11) is 0. The number of cyclic esters (lactones) is 1. The summed E-state index contributed by atoms with van der Waals surface area (Å²) in [4.78, 5) is 10.9. The summed E-state index contributed by atoms with van der Waals surface area (Å²) < 4.78 is 17.3. The molecule has 1 N–H and O–H groups in total. The molecular weight excluding hydrogens is 185 g/mol. The van der Waals surface area contributed by atoms with Crippen molar-refractivity contribution >= 4 is 6.09 Å². The molecule has 0 spiro atoms. The fourth-order valence-electron chi connectivity index (χ4n) is 1.47. The molecule has 0 aromatic heterocycles. The average molecular weight is 195 g/mol. The molecule has 3 nitrogen and oxygen atoms in total. The molecule has 0 bridgehead atoms. The molecule has 1 saturated heterocycles. The highest BCUT2D eigenvalue weighted by molar-refractivity contribution is 5.68. The Hall–Kier alpha value is -1.58. The van der Waals surface area contributed by atoms with E-state index >= 15 is 0 Å². The Morgan fingerprint density at radius 1 is 1.36 bits per heavy atom. The molecule has 1 aliphatic rings.